The Morgan fingerprint density at radius 3 is 2.72 bits per heavy atom. The first-order chi connectivity index (χ1) is 12.1. The number of halogens is 2. The van der Waals surface area contributed by atoms with Crippen molar-refractivity contribution in [2.45, 2.75) is 6.42 Å². The number of terminal acetylenes is 1. The number of carbonyl (C=O) groups is 1. The van der Waals surface area contributed by atoms with Gasteiger partial charge in [0.1, 0.15) is 5.82 Å². The van der Waals surface area contributed by atoms with Crippen LogP contribution in [0.25, 0.3) is 10.9 Å². The summed E-state index contributed by atoms with van der Waals surface area (Å²) in [5.74, 6) is -0.903. The highest BCUT2D eigenvalue weighted by atomic mass is 35.5. The molecule has 6 heteroatoms. The number of pyridine rings is 2. The Bertz CT molecular complexity index is 941. The van der Waals surface area contributed by atoms with Crippen LogP contribution in [0.1, 0.15) is 21.6 Å². The van der Waals surface area contributed by atoms with Crippen LogP contribution in [-0.2, 0) is 11.2 Å². The molecule has 0 amide bonds. The quantitative estimate of drug-likeness (QED) is 0.525. The number of fused-ring (bicyclic) bond motifs is 1. The standard InChI is InChI=1S/C17H12ClFN2O2.C2H2/c1-23-17(22)11-2-3-20-13(6-11)5-10-4-12-7-14(18)15(19)8-16(12)21-9-10;1-2/h2-4,6-9H,5H2,1H3;1-2H. The van der Waals surface area contributed by atoms with Gasteiger partial charge >= 0.3 is 5.97 Å². The van der Waals surface area contributed by atoms with Crippen molar-refractivity contribution >= 4 is 28.5 Å². The Kier molecular flexibility index (Phi) is 6.04. The normalized spacial score (nSPS) is 9.96. The fourth-order valence-electron chi connectivity index (χ4n) is 2.29. The Labute approximate surface area is 149 Å². The van der Waals surface area contributed by atoms with Crippen LogP contribution >= 0.6 is 11.6 Å². The Hall–Kier alpha value is -2.97. The topological polar surface area (TPSA) is 52.1 Å². The molecule has 126 valence electrons. The molecule has 0 bridgehead atoms. The van der Waals surface area contributed by atoms with Crippen molar-refractivity contribution in [3.8, 4) is 12.8 Å². The molecule has 0 fully saturated rings. The highest BCUT2D eigenvalue weighted by Crippen LogP contribution is 2.23. The van der Waals surface area contributed by atoms with Gasteiger partial charge in [0, 0.05) is 36.0 Å². The van der Waals surface area contributed by atoms with Crippen molar-refractivity contribution in [2.24, 2.45) is 0 Å². The zero-order chi connectivity index (χ0) is 18.4. The van der Waals surface area contributed by atoms with Crippen LogP contribution in [0.2, 0.25) is 5.02 Å². The molecule has 0 aliphatic heterocycles. The van der Waals surface area contributed by atoms with Crippen molar-refractivity contribution < 1.29 is 13.9 Å². The molecule has 2 heterocycles. The lowest BCUT2D eigenvalue weighted by Crippen LogP contribution is -2.03. The molecule has 0 atom stereocenters. The van der Waals surface area contributed by atoms with E-state index in [-0.39, 0.29) is 5.02 Å². The molecule has 0 saturated heterocycles. The van der Waals surface area contributed by atoms with Crippen LogP contribution in [0.5, 0.6) is 0 Å². The fourth-order valence-corrected chi connectivity index (χ4v) is 2.47. The molecule has 1 aromatic carbocycles. The second-order valence-electron chi connectivity index (χ2n) is 5.01. The maximum atomic E-state index is 13.4. The lowest BCUT2D eigenvalue weighted by molar-refractivity contribution is 0.0600. The van der Waals surface area contributed by atoms with Crippen LogP contribution in [0.15, 0.2) is 42.7 Å². The zero-order valence-corrected chi connectivity index (χ0v) is 14.1. The summed E-state index contributed by atoms with van der Waals surface area (Å²) >= 11 is 5.81. The molecule has 0 radical (unpaired) electrons. The molecular weight excluding hydrogens is 343 g/mol. The van der Waals surface area contributed by atoms with Gasteiger partial charge in [-0.15, -0.1) is 12.8 Å². The van der Waals surface area contributed by atoms with Crippen LogP contribution in [0.3, 0.4) is 0 Å². The van der Waals surface area contributed by atoms with E-state index in [2.05, 4.69) is 22.8 Å². The van der Waals surface area contributed by atoms with E-state index >= 15 is 0 Å². The number of ether oxygens (including phenoxy) is 1. The summed E-state index contributed by atoms with van der Waals surface area (Å²) in [7, 11) is 1.33. The third kappa shape index (κ3) is 4.31. The summed E-state index contributed by atoms with van der Waals surface area (Å²) in [6.45, 7) is 0. The molecule has 0 aliphatic rings. The summed E-state index contributed by atoms with van der Waals surface area (Å²) in [6, 6.07) is 7.99. The molecule has 0 aliphatic carbocycles. The maximum absolute atomic E-state index is 13.4. The highest BCUT2D eigenvalue weighted by Gasteiger charge is 2.09. The predicted octanol–water partition coefficient (Wildman–Crippen LogP) is 4.05. The number of hydrogen-bond donors (Lipinski definition) is 0. The number of aromatic nitrogens is 2. The van der Waals surface area contributed by atoms with Gasteiger partial charge in [-0.25, -0.2) is 9.18 Å². The van der Waals surface area contributed by atoms with Gasteiger partial charge in [0.05, 0.1) is 23.2 Å². The molecule has 0 N–H and O–H groups in total. The Morgan fingerprint density at radius 1 is 1.24 bits per heavy atom. The van der Waals surface area contributed by atoms with Crippen LogP contribution in [-0.4, -0.2) is 23.0 Å². The minimum atomic E-state index is -0.494. The highest BCUT2D eigenvalue weighted by molar-refractivity contribution is 6.31. The summed E-state index contributed by atoms with van der Waals surface area (Å²) in [4.78, 5) is 20.0. The van der Waals surface area contributed by atoms with Crippen LogP contribution in [0.4, 0.5) is 4.39 Å². The second kappa shape index (κ2) is 8.22. The molecule has 0 spiro atoms. The first kappa shape index (κ1) is 18.4. The van der Waals surface area contributed by atoms with E-state index in [4.69, 9.17) is 16.3 Å². The molecular formula is C19H14ClFN2O2. The first-order valence-corrected chi connectivity index (χ1v) is 7.55. The summed E-state index contributed by atoms with van der Waals surface area (Å²) in [6.07, 6.45) is 11.7. The van der Waals surface area contributed by atoms with Crippen molar-refractivity contribution in [3.05, 3.63) is 70.4 Å². The molecule has 25 heavy (non-hydrogen) atoms. The summed E-state index contributed by atoms with van der Waals surface area (Å²) in [5.41, 5.74) is 2.57. The third-order valence-electron chi connectivity index (χ3n) is 3.40. The van der Waals surface area contributed by atoms with Crippen molar-refractivity contribution in [1.29, 1.82) is 0 Å². The lowest BCUT2D eigenvalue weighted by atomic mass is 10.1. The number of methoxy groups -OCH3 is 1. The largest absolute Gasteiger partial charge is 0.465 e. The molecule has 4 nitrogen and oxygen atoms in total. The third-order valence-corrected chi connectivity index (χ3v) is 3.69. The average molecular weight is 357 g/mol. The number of rotatable bonds is 3. The van der Waals surface area contributed by atoms with Gasteiger partial charge in [-0.3, -0.25) is 9.97 Å². The minimum absolute atomic E-state index is 0.0577. The van der Waals surface area contributed by atoms with Gasteiger partial charge in [0.15, 0.2) is 0 Å². The van der Waals surface area contributed by atoms with Crippen LogP contribution < -0.4 is 0 Å². The number of hydrogen-bond acceptors (Lipinski definition) is 4. The SMILES string of the molecule is C#C.COC(=O)c1ccnc(Cc2cnc3cc(F)c(Cl)cc3c2)c1. The van der Waals surface area contributed by atoms with E-state index in [1.165, 1.54) is 13.2 Å². The Balaban J connectivity index is 0.00000109. The predicted molar refractivity (Wildman–Crippen MR) is 95.0 cm³/mol. The number of carbonyl (C=O) groups excluding carboxylic acids is 1. The molecule has 2 aromatic heterocycles. The Morgan fingerprint density at radius 2 is 2.00 bits per heavy atom. The van der Waals surface area contributed by atoms with Gasteiger partial charge in [-0.1, -0.05) is 11.6 Å². The van der Waals surface area contributed by atoms with Gasteiger partial charge in [-0.2, -0.15) is 0 Å². The van der Waals surface area contributed by atoms with E-state index in [9.17, 15) is 9.18 Å². The van der Waals surface area contributed by atoms with Gasteiger partial charge in [-0.05, 0) is 29.8 Å². The number of nitrogens with zero attached hydrogens (tertiary/aromatic N) is 2. The van der Waals surface area contributed by atoms with E-state index < -0.39 is 11.8 Å². The molecule has 0 saturated carbocycles. The van der Waals surface area contributed by atoms with Crippen molar-refractivity contribution in [3.63, 3.8) is 0 Å². The fraction of sp³-hybridized carbons (Fsp3) is 0.105. The second-order valence-corrected chi connectivity index (χ2v) is 5.41. The van der Waals surface area contributed by atoms with E-state index in [1.54, 1.807) is 30.6 Å². The van der Waals surface area contributed by atoms with Gasteiger partial charge < -0.3 is 4.74 Å². The zero-order valence-electron chi connectivity index (χ0n) is 13.4. The molecule has 0 unspecified atom stereocenters. The number of benzene rings is 1. The smallest absolute Gasteiger partial charge is 0.337 e. The van der Waals surface area contributed by atoms with Crippen molar-refractivity contribution in [2.75, 3.05) is 7.11 Å². The van der Waals surface area contributed by atoms with E-state index in [1.807, 2.05) is 6.07 Å². The average Bonchev–Trinajstić information content (AvgIpc) is 2.64. The van der Waals surface area contributed by atoms with Crippen LogP contribution in [0, 0.1) is 18.7 Å². The summed E-state index contributed by atoms with van der Waals surface area (Å²) in [5, 5.41) is 0.806. The van der Waals surface area contributed by atoms with Gasteiger partial charge in [0.25, 0.3) is 0 Å². The number of esters is 1. The summed E-state index contributed by atoms with van der Waals surface area (Å²) < 4.78 is 18.1. The van der Waals surface area contributed by atoms with E-state index in [0.717, 1.165) is 10.9 Å². The minimum Gasteiger partial charge on any atom is -0.465 e. The molecule has 3 rings (SSSR count). The van der Waals surface area contributed by atoms with Crippen molar-refractivity contribution in [1.82, 2.24) is 9.97 Å². The first-order valence-electron chi connectivity index (χ1n) is 7.17. The van der Waals surface area contributed by atoms with Gasteiger partial charge in [0.2, 0.25) is 0 Å². The molecule has 3 aromatic rings. The monoisotopic (exact) mass is 356 g/mol. The maximum Gasteiger partial charge on any atom is 0.337 e. The lowest BCUT2D eigenvalue weighted by Gasteiger charge is -2.05. The van der Waals surface area contributed by atoms with E-state index in [0.29, 0.717) is 23.2 Å².